The molecule has 9 heteroatoms. The average molecular weight is 413 g/mol. The quantitative estimate of drug-likeness (QED) is 0.537. The maximum Gasteiger partial charge on any atom is 0.277 e. The Bertz CT molecular complexity index is 1010. The number of nitrogens with two attached hydrogens (primary N) is 1. The normalized spacial score (nSPS) is 13.4. The Kier molecular flexibility index (Phi) is 5.75. The number of aromatic nitrogens is 3. The maximum absolute atomic E-state index is 13.3. The summed E-state index contributed by atoms with van der Waals surface area (Å²) < 4.78 is 19.0. The fraction of sp³-hybridized carbons (Fsp3) is 0.300. The van der Waals surface area contributed by atoms with Gasteiger partial charge in [0.2, 0.25) is 11.8 Å². The molecule has 150 valence electrons. The van der Waals surface area contributed by atoms with Crippen molar-refractivity contribution in [2.45, 2.75) is 36.3 Å². The lowest BCUT2D eigenvalue weighted by atomic mass is 10.2. The number of hydrogen-bond acceptors (Lipinski definition) is 7. The van der Waals surface area contributed by atoms with Crippen molar-refractivity contribution in [2.24, 2.45) is 5.73 Å². The number of carbonyl (C=O) groups excluding carboxylic acids is 1. The van der Waals surface area contributed by atoms with E-state index in [0.717, 1.165) is 29.8 Å². The fourth-order valence-electron chi connectivity index (χ4n) is 2.97. The van der Waals surface area contributed by atoms with Gasteiger partial charge in [0.1, 0.15) is 11.6 Å². The Morgan fingerprint density at radius 3 is 2.90 bits per heavy atom. The molecule has 0 radical (unpaired) electrons. The lowest BCUT2D eigenvalue weighted by molar-refractivity contribution is -0.117. The zero-order valence-electron chi connectivity index (χ0n) is 15.6. The number of hydrogen-bond donors (Lipinski definition) is 1. The van der Waals surface area contributed by atoms with Crippen LogP contribution in [0.5, 0.6) is 0 Å². The summed E-state index contributed by atoms with van der Waals surface area (Å²) in [5, 5.41) is 8.60. The topological polar surface area (TPSA) is 98.1 Å². The number of halogens is 1. The van der Waals surface area contributed by atoms with Gasteiger partial charge in [0, 0.05) is 36.5 Å². The smallest absolute Gasteiger partial charge is 0.277 e. The highest BCUT2D eigenvalue weighted by Crippen LogP contribution is 2.33. The van der Waals surface area contributed by atoms with Gasteiger partial charge in [0.05, 0.1) is 0 Å². The van der Waals surface area contributed by atoms with E-state index in [0.29, 0.717) is 29.5 Å². The van der Waals surface area contributed by atoms with Gasteiger partial charge >= 0.3 is 0 Å². The van der Waals surface area contributed by atoms with Gasteiger partial charge in [0.25, 0.3) is 5.22 Å². The Morgan fingerprint density at radius 1 is 1.28 bits per heavy atom. The third-order valence-corrected chi connectivity index (χ3v) is 5.42. The molecule has 0 bridgehead atoms. The molecular weight excluding hydrogens is 393 g/mol. The van der Waals surface area contributed by atoms with Crippen LogP contribution in [-0.4, -0.2) is 33.7 Å². The summed E-state index contributed by atoms with van der Waals surface area (Å²) in [6.45, 7) is 0.537. The van der Waals surface area contributed by atoms with Crippen molar-refractivity contribution >= 4 is 23.5 Å². The van der Waals surface area contributed by atoms with E-state index in [4.69, 9.17) is 10.2 Å². The van der Waals surface area contributed by atoms with Crippen molar-refractivity contribution in [3.05, 3.63) is 54.0 Å². The summed E-state index contributed by atoms with van der Waals surface area (Å²) in [6, 6.07) is 10.5. The van der Waals surface area contributed by atoms with Gasteiger partial charge in [-0.05, 0) is 42.7 Å². The van der Waals surface area contributed by atoms with E-state index >= 15 is 0 Å². The molecule has 1 amide bonds. The second kappa shape index (κ2) is 8.60. The van der Waals surface area contributed by atoms with Gasteiger partial charge in [-0.2, -0.15) is 0 Å². The summed E-state index contributed by atoms with van der Waals surface area (Å²) in [4.78, 5) is 17.7. The first-order valence-electron chi connectivity index (χ1n) is 9.30. The number of rotatable bonds is 9. The first kappa shape index (κ1) is 19.4. The molecule has 0 saturated heterocycles. The van der Waals surface area contributed by atoms with E-state index in [1.807, 2.05) is 12.1 Å². The van der Waals surface area contributed by atoms with E-state index in [1.165, 1.54) is 23.9 Å². The molecule has 2 heterocycles. The molecule has 7 nitrogen and oxygen atoms in total. The summed E-state index contributed by atoms with van der Waals surface area (Å²) >= 11 is 1.35. The minimum absolute atomic E-state index is 0.268. The van der Waals surface area contributed by atoms with Gasteiger partial charge < -0.3 is 15.1 Å². The molecule has 1 fully saturated rings. The van der Waals surface area contributed by atoms with Gasteiger partial charge in [-0.3, -0.25) is 4.79 Å². The number of anilines is 1. The molecule has 2 aromatic heterocycles. The molecule has 2 N–H and O–H groups in total. The van der Waals surface area contributed by atoms with Gasteiger partial charge in [-0.25, -0.2) is 9.37 Å². The number of benzene rings is 1. The molecule has 0 unspecified atom stereocenters. The second-order valence-corrected chi connectivity index (χ2v) is 7.76. The number of pyridine rings is 1. The first-order chi connectivity index (χ1) is 14.1. The average Bonchev–Trinajstić information content (AvgIpc) is 3.43. The van der Waals surface area contributed by atoms with Crippen molar-refractivity contribution < 1.29 is 13.6 Å². The highest BCUT2D eigenvalue weighted by molar-refractivity contribution is 7.98. The van der Waals surface area contributed by atoms with Crippen LogP contribution in [0.4, 0.5) is 10.2 Å². The van der Waals surface area contributed by atoms with Crippen LogP contribution in [0.2, 0.25) is 0 Å². The number of carbonyl (C=O) groups is 1. The van der Waals surface area contributed by atoms with Crippen LogP contribution < -0.4 is 10.6 Å². The molecule has 1 aliphatic rings. The Balaban J connectivity index is 1.46. The predicted molar refractivity (Wildman–Crippen MR) is 108 cm³/mol. The van der Waals surface area contributed by atoms with Crippen molar-refractivity contribution in [3.63, 3.8) is 0 Å². The Morgan fingerprint density at radius 2 is 2.14 bits per heavy atom. The SMILES string of the molecule is NC(=O)CCN(c1cc(-c2nnc(SCc3cccc(F)c3)o2)ccn1)C1CC1. The maximum atomic E-state index is 13.3. The molecule has 0 spiro atoms. The van der Waals surface area contributed by atoms with Crippen LogP contribution in [0.15, 0.2) is 52.2 Å². The molecule has 4 rings (SSSR count). The van der Waals surface area contributed by atoms with E-state index in [9.17, 15) is 9.18 Å². The van der Waals surface area contributed by atoms with Crippen LogP contribution in [0.1, 0.15) is 24.8 Å². The van der Waals surface area contributed by atoms with Crippen LogP contribution >= 0.6 is 11.8 Å². The Hall–Kier alpha value is -2.94. The summed E-state index contributed by atoms with van der Waals surface area (Å²) in [5.74, 6) is 1.09. The number of thioether (sulfide) groups is 1. The zero-order valence-corrected chi connectivity index (χ0v) is 16.4. The highest BCUT2D eigenvalue weighted by Gasteiger charge is 2.30. The third kappa shape index (κ3) is 5.11. The lowest BCUT2D eigenvalue weighted by Crippen LogP contribution is -2.30. The first-order valence-corrected chi connectivity index (χ1v) is 10.3. The molecule has 1 aliphatic carbocycles. The van der Waals surface area contributed by atoms with Gasteiger partial charge in [-0.15, -0.1) is 10.2 Å². The van der Waals surface area contributed by atoms with Crippen molar-refractivity contribution in [1.82, 2.24) is 15.2 Å². The van der Waals surface area contributed by atoms with Crippen LogP contribution in [-0.2, 0) is 10.5 Å². The van der Waals surface area contributed by atoms with E-state index < -0.39 is 0 Å². The monoisotopic (exact) mass is 413 g/mol. The molecule has 0 atom stereocenters. The number of primary amides is 1. The molecule has 1 saturated carbocycles. The van der Waals surface area contributed by atoms with E-state index in [2.05, 4.69) is 20.1 Å². The summed E-state index contributed by atoms with van der Waals surface area (Å²) in [6.07, 6.45) is 4.12. The second-order valence-electron chi connectivity index (χ2n) is 6.84. The summed E-state index contributed by atoms with van der Waals surface area (Å²) in [7, 11) is 0. The standard InChI is InChI=1S/C20H20FN5O2S/c21-15-3-1-2-13(10-15)12-29-20-25-24-19(28-20)14-6-8-23-18(11-14)26(16-4-5-16)9-7-17(22)27/h1-3,6,8,10-11,16H,4-5,7,9,12H2,(H2,22,27). The molecule has 1 aromatic carbocycles. The Labute approximate surface area is 171 Å². The molecule has 3 aromatic rings. The predicted octanol–water partition coefficient (Wildman–Crippen LogP) is 3.41. The van der Waals surface area contributed by atoms with Crippen LogP contribution in [0, 0.1) is 5.82 Å². The van der Waals surface area contributed by atoms with Crippen LogP contribution in [0.3, 0.4) is 0 Å². The van der Waals surface area contributed by atoms with Crippen molar-refractivity contribution in [3.8, 4) is 11.5 Å². The van der Waals surface area contributed by atoms with Crippen LogP contribution in [0.25, 0.3) is 11.5 Å². The lowest BCUT2D eigenvalue weighted by Gasteiger charge is -2.23. The highest BCUT2D eigenvalue weighted by atomic mass is 32.2. The molecular formula is C20H20FN5O2S. The minimum Gasteiger partial charge on any atom is -0.411 e. The third-order valence-electron chi connectivity index (χ3n) is 4.53. The summed E-state index contributed by atoms with van der Waals surface area (Å²) in [5.41, 5.74) is 6.90. The largest absolute Gasteiger partial charge is 0.411 e. The molecule has 0 aliphatic heterocycles. The molecule has 29 heavy (non-hydrogen) atoms. The van der Waals surface area contributed by atoms with E-state index in [-0.39, 0.29) is 18.1 Å². The fourth-order valence-corrected chi connectivity index (χ4v) is 3.67. The van der Waals surface area contributed by atoms with E-state index in [1.54, 1.807) is 18.3 Å². The van der Waals surface area contributed by atoms with Gasteiger partial charge in [0.15, 0.2) is 0 Å². The van der Waals surface area contributed by atoms with Crippen molar-refractivity contribution in [2.75, 3.05) is 11.4 Å². The van der Waals surface area contributed by atoms with Crippen molar-refractivity contribution in [1.29, 1.82) is 0 Å². The minimum atomic E-state index is -0.330. The number of nitrogens with zero attached hydrogens (tertiary/aromatic N) is 4. The van der Waals surface area contributed by atoms with Gasteiger partial charge in [-0.1, -0.05) is 23.9 Å². The number of amides is 1. The zero-order chi connectivity index (χ0) is 20.2.